The summed E-state index contributed by atoms with van der Waals surface area (Å²) in [6.07, 6.45) is 1.65. The molecule has 5 heteroatoms. The Balaban J connectivity index is 1.77. The quantitative estimate of drug-likeness (QED) is 0.774. The van der Waals surface area contributed by atoms with Crippen LogP contribution in [0.1, 0.15) is 18.9 Å². The molecule has 1 atom stereocenters. The molecular formula is C17H19ClN2O2. The number of urea groups is 1. The smallest absolute Gasteiger partial charge is 0.319 e. The Morgan fingerprint density at radius 2 is 1.95 bits per heavy atom. The van der Waals surface area contributed by atoms with Gasteiger partial charge in [-0.25, -0.2) is 4.79 Å². The van der Waals surface area contributed by atoms with Crippen LogP contribution < -0.4 is 10.6 Å². The molecule has 0 bridgehead atoms. The number of anilines is 1. The number of aromatic hydroxyl groups is 1. The molecule has 0 spiro atoms. The van der Waals surface area contributed by atoms with Crippen molar-refractivity contribution >= 4 is 23.3 Å². The van der Waals surface area contributed by atoms with Crippen molar-refractivity contribution in [3.8, 4) is 5.75 Å². The highest BCUT2D eigenvalue weighted by Gasteiger charge is 2.08. The predicted octanol–water partition coefficient (Wildman–Crippen LogP) is 4.19. The Morgan fingerprint density at radius 1 is 1.23 bits per heavy atom. The van der Waals surface area contributed by atoms with Gasteiger partial charge in [-0.2, -0.15) is 0 Å². The zero-order valence-electron chi connectivity index (χ0n) is 12.3. The van der Waals surface area contributed by atoms with Gasteiger partial charge in [0.25, 0.3) is 0 Å². The minimum atomic E-state index is -0.250. The molecule has 0 aliphatic heterocycles. The molecule has 2 amide bonds. The van der Waals surface area contributed by atoms with E-state index in [2.05, 4.69) is 10.6 Å². The Labute approximate surface area is 135 Å². The number of benzene rings is 2. The van der Waals surface area contributed by atoms with Crippen molar-refractivity contribution in [2.24, 2.45) is 0 Å². The maximum atomic E-state index is 11.9. The van der Waals surface area contributed by atoms with E-state index >= 15 is 0 Å². The van der Waals surface area contributed by atoms with Gasteiger partial charge in [0.2, 0.25) is 0 Å². The van der Waals surface area contributed by atoms with E-state index in [-0.39, 0.29) is 17.8 Å². The molecule has 1 unspecified atom stereocenters. The van der Waals surface area contributed by atoms with E-state index in [4.69, 9.17) is 11.6 Å². The van der Waals surface area contributed by atoms with Crippen LogP contribution in [0, 0.1) is 0 Å². The number of carbonyl (C=O) groups excluding carboxylic acids is 1. The molecule has 0 fully saturated rings. The van der Waals surface area contributed by atoms with Gasteiger partial charge >= 0.3 is 6.03 Å². The van der Waals surface area contributed by atoms with Gasteiger partial charge in [-0.05, 0) is 55.7 Å². The van der Waals surface area contributed by atoms with Crippen molar-refractivity contribution in [3.05, 3.63) is 59.1 Å². The molecule has 4 nitrogen and oxygen atoms in total. The summed E-state index contributed by atoms with van der Waals surface area (Å²) >= 11 is 5.87. The molecule has 2 rings (SSSR count). The van der Waals surface area contributed by atoms with E-state index in [9.17, 15) is 9.90 Å². The second-order valence-corrected chi connectivity index (χ2v) is 5.65. The molecule has 0 saturated heterocycles. The van der Waals surface area contributed by atoms with Crippen molar-refractivity contribution in [3.63, 3.8) is 0 Å². The van der Waals surface area contributed by atoms with Crippen LogP contribution in [0.3, 0.4) is 0 Å². The normalized spacial score (nSPS) is 11.7. The molecule has 116 valence electrons. The Kier molecular flexibility index (Phi) is 5.67. The average molecular weight is 319 g/mol. The van der Waals surface area contributed by atoms with Crippen LogP contribution in [0.25, 0.3) is 0 Å². The van der Waals surface area contributed by atoms with Gasteiger partial charge in [-0.3, -0.25) is 0 Å². The fraction of sp³-hybridized carbons (Fsp3) is 0.235. The Morgan fingerprint density at radius 3 is 2.64 bits per heavy atom. The third kappa shape index (κ3) is 5.30. The molecule has 0 saturated carbocycles. The summed E-state index contributed by atoms with van der Waals surface area (Å²) < 4.78 is 0. The van der Waals surface area contributed by atoms with Crippen LogP contribution in [0.4, 0.5) is 10.5 Å². The van der Waals surface area contributed by atoms with Crippen molar-refractivity contribution in [1.29, 1.82) is 0 Å². The van der Waals surface area contributed by atoms with E-state index in [0.717, 1.165) is 18.4 Å². The van der Waals surface area contributed by atoms with Crippen LogP contribution in [0.2, 0.25) is 5.02 Å². The van der Waals surface area contributed by atoms with Crippen LogP contribution in [-0.2, 0) is 6.42 Å². The first-order valence-electron chi connectivity index (χ1n) is 7.14. The van der Waals surface area contributed by atoms with E-state index < -0.39 is 0 Å². The maximum absolute atomic E-state index is 11.9. The van der Waals surface area contributed by atoms with Gasteiger partial charge in [0, 0.05) is 16.8 Å². The topological polar surface area (TPSA) is 61.4 Å². The first-order valence-corrected chi connectivity index (χ1v) is 7.52. The minimum Gasteiger partial charge on any atom is -0.508 e. The summed E-state index contributed by atoms with van der Waals surface area (Å²) in [6, 6.07) is 13.9. The number of amides is 2. The standard InChI is InChI=1S/C17H19ClN2O2/c1-12(5-6-13-7-9-16(21)10-8-13)19-17(22)20-15-4-2-3-14(18)11-15/h2-4,7-12,21H,5-6H2,1H3,(H2,19,20,22). The van der Waals surface area contributed by atoms with Crippen LogP contribution in [0.5, 0.6) is 5.75 Å². The van der Waals surface area contributed by atoms with E-state index in [1.54, 1.807) is 36.4 Å². The lowest BCUT2D eigenvalue weighted by atomic mass is 10.1. The van der Waals surface area contributed by atoms with E-state index in [1.165, 1.54) is 0 Å². The summed E-state index contributed by atoms with van der Waals surface area (Å²) in [4.78, 5) is 11.9. The number of rotatable bonds is 5. The molecule has 0 aliphatic carbocycles. The first kappa shape index (κ1) is 16.2. The van der Waals surface area contributed by atoms with Crippen LogP contribution in [-0.4, -0.2) is 17.2 Å². The predicted molar refractivity (Wildman–Crippen MR) is 89.5 cm³/mol. The van der Waals surface area contributed by atoms with Crippen molar-refractivity contribution in [2.75, 3.05) is 5.32 Å². The lowest BCUT2D eigenvalue weighted by Gasteiger charge is -2.15. The highest BCUT2D eigenvalue weighted by atomic mass is 35.5. The number of phenolic OH excluding ortho intramolecular Hbond substituents is 1. The Hall–Kier alpha value is -2.20. The van der Waals surface area contributed by atoms with Gasteiger partial charge in [0.05, 0.1) is 0 Å². The fourth-order valence-corrected chi connectivity index (χ4v) is 2.27. The van der Waals surface area contributed by atoms with Gasteiger partial charge in [0.15, 0.2) is 0 Å². The molecular weight excluding hydrogens is 300 g/mol. The Bertz CT molecular complexity index is 629. The molecule has 2 aromatic carbocycles. The molecule has 2 aromatic rings. The summed E-state index contributed by atoms with van der Waals surface area (Å²) in [6.45, 7) is 1.96. The third-order valence-corrected chi connectivity index (χ3v) is 3.50. The number of halogens is 1. The zero-order chi connectivity index (χ0) is 15.9. The van der Waals surface area contributed by atoms with Gasteiger partial charge in [-0.1, -0.05) is 29.8 Å². The summed E-state index contributed by atoms with van der Waals surface area (Å²) in [5.74, 6) is 0.260. The maximum Gasteiger partial charge on any atom is 0.319 e. The SMILES string of the molecule is CC(CCc1ccc(O)cc1)NC(=O)Nc1cccc(Cl)c1. The van der Waals surface area contributed by atoms with Crippen LogP contribution in [0.15, 0.2) is 48.5 Å². The fourth-order valence-electron chi connectivity index (χ4n) is 2.08. The third-order valence-electron chi connectivity index (χ3n) is 3.26. The van der Waals surface area contributed by atoms with Crippen molar-refractivity contribution in [1.82, 2.24) is 5.32 Å². The first-order chi connectivity index (χ1) is 10.5. The van der Waals surface area contributed by atoms with Crippen molar-refractivity contribution in [2.45, 2.75) is 25.8 Å². The lowest BCUT2D eigenvalue weighted by Crippen LogP contribution is -2.36. The molecule has 0 aromatic heterocycles. The van der Waals surface area contributed by atoms with E-state index in [0.29, 0.717) is 10.7 Å². The number of hydrogen-bond acceptors (Lipinski definition) is 2. The zero-order valence-corrected chi connectivity index (χ0v) is 13.1. The summed E-state index contributed by atoms with van der Waals surface area (Å²) in [7, 11) is 0. The van der Waals surface area contributed by atoms with Gasteiger partial charge < -0.3 is 15.7 Å². The minimum absolute atomic E-state index is 0.0352. The molecule has 0 aliphatic rings. The largest absolute Gasteiger partial charge is 0.508 e. The second kappa shape index (κ2) is 7.71. The van der Waals surface area contributed by atoms with Crippen LogP contribution >= 0.6 is 11.6 Å². The summed E-state index contributed by atoms with van der Waals surface area (Å²) in [5, 5.41) is 15.5. The average Bonchev–Trinajstić information content (AvgIpc) is 2.46. The number of phenols is 1. The van der Waals surface area contributed by atoms with Gasteiger partial charge in [0.1, 0.15) is 5.75 Å². The molecule has 0 radical (unpaired) electrons. The number of aryl methyl sites for hydroxylation is 1. The second-order valence-electron chi connectivity index (χ2n) is 5.21. The lowest BCUT2D eigenvalue weighted by molar-refractivity contribution is 0.248. The number of carbonyl (C=O) groups is 1. The molecule has 0 heterocycles. The molecule has 3 N–H and O–H groups in total. The van der Waals surface area contributed by atoms with Crippen molar-refractivity contribution < 1.29 is 9.90 Å². The van der Waals surface area contributed by atoms with E-state index in [1.807, 2.05) is 19.1 Å². The molecule has 22 heavy (non-hydrogen) atoms. The monoisotopic (exact) mass is 318 g/mol. The number of nitrogens with one attached hydrogen (secondary N) is 2. The highest BCUT2D eigenvalue weighted by Crippen LogP contribution is 2.15. The summed E-state index contributed by atoms with van der Waals surface area (Å²) in [5.41, 5.74) is 1.79. The number of hydrogen-bond donors (Lipinski definition) is 3. The highest BCUT2D eigenvalue weighted by molar-refractivity contribution is 6.30. The van der Waals surface area contributed by atoms with Gasteiger partial charge in [-0.15, -0.1) is 0 Å².